The lowest BCUT2D eigenvalue weighted by Crippen LogP contribution is -2.23. The molecule has 3 rings (SSSR count). The van der Waals surface area contributed by atoms with Crippen LogP contribution in [0.2, 0.25) is 5.02 Å². The van der Waals surface area contributed by atoms with Crippen LogP contribution in [-0.4, -0.2) is 16.4 Å². The molecule has 0 spiro atoms. The highest BCUT2D eigenvalue weighted by molar-refractivity contribution is 6.30. The first kappa shape index (κ1) is 18.4. The Bertz CT molecular complexity index is 1060. The summed E-state index contributed by atoms with van der Waals surface area (Å²) in [5.74, 6) is -1.09. The van der Waals surface area contributed by atoms with E-state index in [1.165, 1.54) is 29.0 Å². The second-order valence-corrected chi connectivity index (χ2v) is 6.31. The molecule has 136 valence electrons. The Morgan fingerprint density at radius 2 is 1.70 bits per heavy atom. The fourth-order valence-electron chi connectivity index (χ4n) is 2.58. The van der Waals surface area contributed by atoms with Gasteiger partial charge in [0.05, 0.1) is 23.4 Å². The zero-order chi connectivity index (χ0) is 19.4. The van der Waals surface area contributed by atoms with Crippen LogP contribution >= 0.6 is 11.6 Å². The summed E-state index contributed by atoms with van der Waals surface area (Å²) in [4.78, 5) is 36.1. The fraction of sp³-hybridized carbons (Fsp3) is 0.0500. The van der Waals surface area contributed by atoms with Crippen molar-refractivity contribution >= 4 is 29.1 Å². The summed E-state index contributed by atoms with van der Waals surface area (Å²) >= 11 is 5.87. The highest BCUT2D eigenvalue weighted by atomic mass is 35.5. The van der Waals surface area contributed by atoms with Gasteiger partial charge in [0, 0.05) is 17.3 Å². The molecular formula is C20H16ClN3O3. The van der Waals surface area contributed by atoms with Crippen LogP contribution in [0, 0.1) is 0 Å². The summed E-state index contributed by atoms with van der Waals surface area (Å²) in [7, 11) is 0. The maximum absolute atomic E-state index is 12.6. The van der Waals surface area contributed by atoms with Crippen molar-refractivity contribution in [2.75, 3.05) is 5.32 Å². The van der Waals surface area contributed by atoms with Crippen molar-refractivity contribution in [3.8, 4) is 0 Å². The van der Waals surface area contributed by atoms with E-state index in [4.69, 9.17) is 17.3 Å². The molecule has 0 aliphatic heterocycles. The lowest BCUT2D eigenvalue weighted by atomic mass is 10.1. The Kier molecular flexibility index (Phi) is 5.38. The number of anilines is 1. The third-order valence-electron chi connectivity index (χ3n) is 3.95. The molecule has 3 aromatic rings. The number of primary amides is 1. The number of nitrogens with one attached hydrogen (secondary N) is 1. The molecule has 6 nitrogen and oxygen atoms in total. The third-order valence-corrected chi connectivity index (χ3v) is 4.20. The van der Waals surface area contributed by atoms with Crippen LogP contribution in [-0.2, 0) is 6.54 Å². The Morgan fingerprint density at radius 3 is 2.41 bits per heavy atom. The predicted octanol–water partition coefficient (Wildman–Crippen LogP) is 2.90. The van der Waals surface area contributed by atoms with E-state index in [9.17, 15) is 14.4 Å². The molecule has 2 aromatic carbocycles. The molecule has 0 saturated heterocycles. The normalized spacial score (nSPS) is 10.4. The minimum atomic E-state index is -0.640. The summed E-state index contributed by atoms with van der Waals surface area (Å²) in [5.41, 5.74) is 6.76. The van der Waals surface area contributed by atoms with Crippen molar-refractivity contribution in [3.63, 3.8) is 0 Å². The van der Waals surface area contributed by atoms with Gasteiger partial charge < -0.3 is 15.6 Å². The number of nitrogens with zero attached hydrogens (tertiary/aromatic N) is 1. The van der Waals surface area contributed by atoms with Crippen LogP contribution in [0.4, 0.5) is 5.69 Å². The summed E-state index contributed by atoms with van der Waals surface area (Å²) in [5, 5.41) is 3.26. The lowest BCUT2D eigenvalue weighted by Gasteiger charge is -2.11. The van der Waals surface area contributed by atoms with Crippen molar-refractivity contribution in [2.45, 2.75) is 6.54 Å². The smallest absolute Gasteiger partial charge is 0.257 e. The molecule has 1 heterocycles. The minimum Gasteiger partial charge on any atom is -0.366 e. The van der Waals surface area contributed by atoms with Gasteiger partial charge in [-0.25, -0.2) is 0 Å². The Morgan fingerprint density at radius 1 is 1.00 bits per heavy atom. The van der Waals surface area contributed by atoms with E-state index in [0.29, 0.717) is 17.3 Å². The van der Waals surface area contributed by atoms with Crippen molar-refractivity contribution < 1.29 is 9.59 Å². The maximum atomic E-state index is 12.6. The summed E-state index contributed by atoms with van der Waals surface area (Å²) in [6.07, 6.45) is 1.47. The van der Waals surface area contributed by atoms with Gasteiger partial charge in [0.25, 0.3) is 17.4 Å². The van der Waals surface area contributed by atoms with Gasteiger partial charge in [0.1, 0.15) is 0 Å². The fourth-order valence-corrected chi connectivity index (χ4v) is 2.70. The number of para-hydroxylation sites is 1. The van der Waals surface area contributed by atoms with Crippen molar-refractivity contribution in [1.82, 2.24) is 4.57 Å². The second-order valence-electron chi connectivity index (χ2n) is 5.87. The average Bonchev–Trinajstić information content (AvgIpc) is 2.65. The number of amides is 2. The molecule has 27 heavy (non-hydrogen) atoms. The van der Waals surface area contributed by atoms with Crippen LogP contribution in [0.3, 0.4) is 0 Å². The third kappa shape index (κ3) is 4.43. The predicted molar refractivity (Wildman–Crippen MR) is 104 cm³/mol. The molecule has 2 amide bonds. The van der Waals surface area contributed by atoms with E-state index in [1.807, 2.05) is 12.1 Å². The molecule has 0 saturated carbocycles. The number of benzene rings is 2. The Hall–Kier alpha value is -3.38. The number of rotatable bonds is 5. The van der Waals surface area contributed by atoms with Crippen molar-refractivity contribution in [1.29, 1.82) is 0 Å². The number of aromatic nitrogens is 1. The van der Waals surface area contributed by atoms with E-state index < -0.39 is 11.8 Å². The summed E-state index contributed by atoms with van der Waals surface area (Å²) in [6.45, 7) is 0.301. The van der Waals surface area contributed by atoms with Crippen molar-refractivity contribution in [3.05, 3.63) is 98.9 Å². The largest absolute Gasteiger partial charge is 0.366 e. The first-order valence-corrected chi connectivity index (χ1v) is 8.47. The minimum absolute atomic E-state index is 0.209. The van der Waals surface area contributed by atoms with Gasteiger partial charge in [-0.2, -0.15) is 0 Å². The molecule has 0 unspecified atom stereocenters. The first-order valence-electron chi connectivity index (χ1n) is 8.09. The number of nitrogens with two attached hydrogens (primary N) is 1. The summed E-state index contributed by atoms with van der Waals surface area (Å²) < 4.78 is 1.43. The molecule has 0 aliphatic carbocycles. The first-order chi connectivity index (χ1) is 12.9. The highest BCUT2D eigenvalue weighted by Gasteiger charge is 2.13. The van der Waals surface area contributed by atoms with Crippen LogP contribution < -0.4 is 16.6 Å². The number of carbonyl (C=O) groups is 2. The van der Waals surface area contributed by atoms with Gasteiger partial charge in [-0.3, -0.25) is 14.4 Å². The van der Waals surface area contributed by atoms with Crippen molar-refractivity contribution in [2.24, 2.45) is 5.73 Å². The molecule has 0 fully saturated rings. The molecule has 3 N–H and O–H groups in total. The van der Waals surface area contributed by atoms with Gasteiger partial charge in [0.15, 0.2) is 0 Å². The molecule has 0 aliphatic rings. The molecule has 0 bridgehead atoms. The number of pyridine rings is 1. The van der Waals surface area contributed by atoms with Gasteiger partial charge in [-0.1, -0.05) is 35.9 Å². The van der Waals surface area contributed by atoms with E-state index in [1.54, 1.807) is 30.3 Å². The number of carbonyl (C=O) groups excluding carboxylic acids is 2. The number of hydrogen-bond donors (Lipinski definition) is 2. The van der Waals surface area contributed by atoms with Gasteiger partial charge in [-0.15, -0.1) is 0 Å². The van der Waals surface area contributed by atoms with Crippen LogP contribution in [0.25, 0.3) is 0 Å². The Balaban J connectivity index is 1.85. The van der Waals surface area contributed by atoms with Crippen LogP contribution in [0.5, 0.6) is 0 Å². The highest BCUT2D eigenvalue weighted by Crippen LogP contribution is 2.16. The molecule has 7 heteroatoms. The average molecular weight is 382 g/mol. The van der Waals surface area contributed by atoms with Gasteiger partial charge in [-0.05, 0) is 35.9 Å². The topological polar surface area (TPSA) is 94.2 Å². The number of halogens is 1. The van der Waals surface area contributed by atoms with E-state index in [-0.39, 0.29) is 16.7 Å². The molecule has 1 aromatic heterocycles. The monoisotopic (exact) mass is 381 g/mol. The SMILES string of the molecule is NC(=O)c1ccccc1NC(=O)c1ccc(=O)n(Cc2ccc(Cl)cc2)c1. The molecule has 0 radical (unpaired) electrons. The van der Waals surface area contributed by atoms with Gasteiger partial charge >= 0.3 is 0 Å². The Labute approximate surface area is 160 Å². The van der Waals surface area contributed by atoms with E-state index in [0.717, 1.165) is 5.56 Å². The quantitative estimate of drug-likeness (QED) is 0.711. The zero-order valence-corrected chi connectivity index (χ0v) is 14.9. The van der Waals surface area contributed by atoms with Gasteiger partial charge in [0.2, 0.25) is 0 Å². The molecular weight excluding hydrogens is 366 g/mol. The standard InChI is InChI=1S/C20H16ClN3O3/c21-15-8-5-13(6-9-15)11-24-12-14(7-10-18(24)25)20(27)23-17-4-2-1-3-16(17)19(22)26/h1-10,12H,11H2,(H2,22,26)(H,23,27). The maximum Gasteiger partial charge on any atom is 0.257 e. The van der Waals surface area contributed by atoms with E-state index >= 15 is 0 Å². The van der Waals surface area contributed by atoms with Crippen LogP contribution in [0.15, 0.2) is 71.7 Å². The van der Waals surface area contributed by atoms with E-state index in [2.05, 4.69) is 5.32 Å². The zero-order valence-electron chi connectivity index (χ0n) is 14.2. The lowest BCUT2D eigenvalue weighted by molar-refractivity contribution is 0.100. The number of hydrogen-bond acceptors (Lipinski definition) is 3. The van der Waals surface area contributed by atoms with Crippen LogP contribution in [0.1, 0.15) is 26.3 Å². The second kappa shape index (κ2) is 7.88. The molecule has 0 atom stereocenters. The summed E-state index contributed by atoms with van der Waals surface area (Å²) in [6, 6.07) is 16.3.